The maximum Gasteiger partial charge on any atom is 0.256 e. The Hall–Kier alpha value is -2.66. The molecular formula is C19H17ClFN3O. The fourth-order valence-corrected chi connectivity index (χ4v) is 2.68. The van der Waals surface area contributed by atoms with Gasteiger partial charge in [0.15, 0.2) is 5.82 Å². The lowest BCUT2D eigenvalue weighted by atomic mass is 10.1. The maximum absolute atomic E-state index is 13.9. The van der Waals surface area contributed by atoms with E-state index in [0.29, 0.717) is 22.0 Å². The molecule has 0 fully saturated rings. The van der Waals surface area contributed by atoms with Crippen LogP contribution in [0.15, 0.2) is 48.5 Å². The topological polar surface area (TPSA) is 46.9 Å². The molecule has 0 atom stereocenters. The van der Waals surface area contributed by atoms with E-state index in [1.54, 1.807) is 35.0 Å². The van der Waals surface area contributed by atoms with Crippen molar-refractivity contribution in [2.45, 2.75) is 20.4 Å². The Kier molecular flexibility index (Phi) is 4.86. The summed E-state index contributed by atoms with van der Waals surface area (Å²) in [7, 11) is 0. The van der Waals surface area contributed by atoms with E-state index < -0.39 is 0 Å². The molecule has 1 amide bonds. The van der Waals surface area contributed by atoms with Gasteiger partial charge in [0.05, 0.1) is 6.54 Å². The van der Waals surface area contributed by atoms with Crippen molar-refractivity contribution in [3.8, 4) is 0 Å². The van der Waals surface area contributed by atoms with Gasteiger partial charge in [-0.3, -0.25) is 9.48 Å². The maximum atomic E-state index is 13.9. The third-order valence-electron chi connectivity index (χ3n) is 3.91. The number of aromatic nitrogens is 2. The highest BCUT2D eigenvalue weighted by molar-refractivity contribution is 6.31. The van der Waals surface area contributed by atoms with E-state index in [1.165, 1.54) is 6.07 Å². The van der Waals surface area contributed by atoms with E-state index in [9.17, 15) is 9.18 Å². The fourth-order valence-electron chi connectivity index (χ4n) is 2.46. The molecular weight excluding hydrogens is 341 g/mol. The molecule has 1 heterocycles. The molecule has 128 valence electrons. The van der Waals surface area contributed by atoms with Crippen LogP contribution in [0.5, 0.6) is 0 Å². The van der Waals surface area contributed by atoms with Crippen molar-refractivity contribution in [1.82, 2.24) is 9.78 Å². The van der Waals surface area contributed by atoms with Gasteiger partial charge in [-0.1, -0.05) is 35.4 Å². The molecule has 25 heavy (non-hydrogen) atoms. The molecule has 0 unspecified atom stereocenters. The van der Waals surface area contributed by atoms with Crippen molar-refractivity contribution in [1.29, 1.82) is 0 Å². The van der Waals surface area contributed by atoms with Gasteiger partial charge < -0.3 is 5.32 Å². The summed E-state index contributed by atoms with van der Waals surface area (Å²) in [5, 5.41) is 7.43. The number of nitrogens with one attached hydrogen (secondary N) is 1. The molecule has 0 bridgehead atoms. The lowest BCUT2D eigenvalue weighted by molar-refractivity contribution is 0.102. The number of anilines is 1. The van der Waals surface area contributed by atoms with Gasteiger partial charge in [-0.25, -0.2) is 4.39 Å². The molecule has 0 radical (unpaired) electrons. The first-order valence-electron chi connectivity index (χ1n) is 7.79. The summed E-state index contributed by atoms with van der Waals surface area (Å²) in [5.41, 5.74) is 2.79. The highest BCUT2D eigenvalue weighted by Gasteiger charge is 2.13. The van der Waals surface area contributed by atoms with Crippen LogP contribution in [0.3, 0.4) is 0 Å². The van der Waals surface area contributed by atoms with Gasteiger partial charge >= 0.3 is 0 Å². The minimum atomic E-state index is -0.382. The normalized spacial score (nSPS) is 10.7. The highest BCUT2D eigenvalue weighted by atomic mass is 35.5. The van der Waals surface area contributed by atoms with Crippen molar-refractivity contribution >= 4 is 23.3 Å². The first kappa shape index (κ1) is 17.2. The van der Waals surface area contributed by atoms with Crippen LogP contribution in [0.1, 0.15) is 27.2 Å². The number of halogens is 2. The highest BCUT2D eigenvalue weighted by Crippen LogP contribution is 2.21. The van der Waals surface area contributed by atoms with Gasteiger partial charge in [0.1, 0.15) is 5.82 Å². The van der Waals surface area contributed by atoms with Crippen molar-refractivity contribution in [3.05, 3.63) is 81.8 Å². The number of carbonyl (C=O) groups excluding carboxylic acids is 1. The third-order valence-corrected chi connectivity index (χ3v) is 4.26. The van der Waals surface area contributed by atoms with Gasteiger partial charge in [0.2, 0.25) is 0 Å². The van der Waals surface area contributed by atoms with Crippen LogP contribution >= 0.6 is 11.6 Å². The van der Waals surface area contributed by atoms with Crippen molar-refractivity contribution < 1.29 is 9.18 Å². The Balaban J connectivity index is 1.78. The van der Waals surface area contributed by atoms with Crippen LogP contribution in [-0.4, -0.2) is 15.7 Å². The van der Waals surface area contributed by atoms with Gasteiger partial charge in [-0.05, 0) is 38.1 Å². The van der Waals surface area contributed by atoms with Gasteiger partial charge in [0.25, 0.3) is 5.91 Å². The quantitative estimate of drug-likeness (QED) is 0.742. The van der Waals surface area contributed by atoms with Crippen molar-refractivity contribution in [2.24, 2.45) is 0 Å². The average Bonchev–Trinajstić information content (AvgIpc) is 2.91. The van der Waals surface area contributed by atoms with Crippen LogP contribution in [0.4, 0.5) is 10.2 Å². The van der Waals surface area contributed by atoms with E-state index in [0.717, 1.165) is 11.3 Å². The third kappa shape index (κ3) is 3.88. The number of rotatable bonds is 4. The standard InChI is InChI=1S/C19H17ClFN3O/c1-12-6-8-14(9-7-12)19(25)22-18-10-13(2)24(23-18)11-15-16(20)4-3-5-17(15)21/h3-10H,11H2,1-2H3,(H,22,23,25). The van der Waals surface area contributed by atoms with E-state index in [-0.39, 0.29) is 18.3 Å². The Morgan fingerprint density at radius 3 is 2.60 bits per heavy atom. The van der Waals surface area contributed by atoms with E-state index in [1.807, 2.05) is 26.0 Å². The van der Waals surface area contributed by atoms with E-state index >= 15 is 0 Å². The van der Waals surface area contributed by atoms with E-state index in [2.05, 4.69) is 10.4 Å². The molecule has 0 aliphatic rings. The number of aryl methyl sites for hydroxylation is 2. The van der Waals surface area contributed by atoms with Crippen molar-refractivity contribution in [2.75, 3.05) is 5.32 Å². The molecule has 3 aromatic rings. The predicted octanol–water partition coefficient (Wildman–Crippen LogP) is 4.59. The zero-order valence-electron chi connectivity index (χ0n) is 13.9. The minimum Gasteiger partial charge on any atom is -0.305 e. The Morgan fingerprint density at radius 1 is 1.20 bits per heavy atom. The molecule has 0 aliphatic heterocycles. The van der Waals surface area contributed by atoms with Gasteiger partial charge in [0, 0.05) is 27.9 Å². The number of nitrogens with zero attached hydrogens (tertiary/aromatic N) is 2. The van der Waals surface area contributed by atoms with Gasteiger partial charge in [-0.2, -0.15) is 5.10 Å². The number of carbonyl (C=O) groups is 1. The van der Waals surface area contributed by atoms with Crippen LogP contribution in [0.2, 0.25) is 5.02 Å². The monoisotopic (exact) mass is 357 g/mol. The fraction of sp³-hybridized carbons (Fsp3) is 0.158. The second kappa shape index (κ2) is 7.07. The van der Waals surface area contributed by atoms with E-state index in [4.69, 9.17) is 11.6 Å². The predicted molar refractivity (Wildman–Crippen MR) is 96.6 cm³/mol. The number of amides is 1. The summed E-state index contributed by atoms with van der Waals surface area (Å²) in [6, 6.07) is 13.6. The Morgan fingerprint density at radius 2 is 1.92 bits per heavy atom. The summed E-state index contributed by atoms with van der Waals surface area (Å²) in [4.78, 5) is 12.3. The molecule has 1 N–H and O–H groups in total. The SMILES string of the molecule is Cc1ccc(C(=O)Nc2cc(C)n(Cc3c(F)cccc3Cl)n2)cc1. The minimum absolute atomic E-state index is 0.192. The van der Waals surface area contributed by atoms with Crippen LogP contribution in [0, 0.1) is 19.7 Å². The first-order valence-corrected chi connectivity index (χ1v) is 8.17. The molecule has 2 aromatic carbocycles. The molecule has 0 saturated heterocycles. The summed E-state index contributed by atoms with van der Waals surface area (Å²) >= 11 is 6.06. The second-order valence-corrected chi connectivity index (χ2v) is 6.26. The zero-order chi connectivity index (χ0) is 18.0. The molecule has 0 aliphatic carbocycles. The second-order valence-electron chi connectivity index (χ2n) is 5.85. The van der Waals surface area contributed by atoms with Crippen LogP contribution in [-0.2, 0) is 6.54 Å². The van der Waals surface area contributed by atoms with Crippen LogP contribution < -0.4 is 5.32 Å². The molecule has 3 rings (SSSR count). The summed E-state index contributed by atoms with van der Waals surface area (Å²) in [5.74, 6) is -0.211. The van der Waals surface area contributed by atoms with Crippen molar-refractivity contribution in [3.63, 3.8) is 0 Å². The zero-order valence-corrected chi connectivity index (χ0v) is 14.6. The smallest absolute Gasteiger partial charge is 0.256 e. The molecule has 1 aromatic heterocycles. The lowest BCUT2D eigenvalue weighted by Gasteiger charge is -2.07. The largest absolute Gasteiger partial charge is 0.305 e. The lowest BCUT2D eigenvalue weighted by Crippen LogP contribution is -2.13. The Labute approximate surface area is 150 Å². The number of benzene rings is 2. The molecule has 0 spiro atoms. The molecule has 0 saturated carbocycles. The number of hydrogen-bond donors (Lipinski definition) is 1. The first-order chi connectivity index (χ1) is 11.9. The summed E-state index contributed by atoms with van der Waals surface area (Å²) in [6.07, 6.45) is 0. The van der Waals surface area contributed by atoms with Gasteiger partial charge in [-0.15, -0.1) is 0 Å². The molecule has 4 nitrogen and oxygen atoms in total. The Bertz CT molecular complexity index is 899. The average molecular weight is 358 g/mol. The summed E-state index contributed by atoms with van der Waals surface area (Å²) < 4.78 is 15.5. The summed E-state index contributed by atoms with van der Waals surface area (Å²) in [6.45, 7) is 3.99. The molecule has 6 heteroatoms. The van der Waals surface area contributed by atoms with Crippen LogP contribution in [0.25, 0.3) is 0 Å². The number of hydrogen-bond acceptors (Lipinski definition) is 2.